The van der Waals surface area contributed by atoms with Gasteiger partial charge in [-0.2, -0.15) is 0 Å². The van der Waals surface area contributed by atoms with Crippen molar-refractivity contribution in [1.82, 2.24) is 0 Å². The number of allylic oxidation sites excluding steroid dienone is 4. The molecule has 0 aliphatic heterocycles. The molecule has 72 heavy (non-hydrogen) atoms. The molecule has 0 saturated heterocycles. The number of hydrogen-bond donors (Lipinski definition) is 0. The minimum absolute atomic E-state index is 0.0119. The van der Waals surface area contributed by atoms with E-state index < -0.39 is 56.0 Å². The van der Waals surface area contributed by atoms with Crippen LogP contribution < -0.4 is 20.7 Å². The van der Waals surface area contributed by atoms with Crippen LogP contribution in [-0.4, -0.2) is 55.4 Å². The van der Waals surface area contributed by atoms with Crippen molar-refractivity contribution < 1.29 is 19.2 Å². The molecule has 0 aromatic heterocycles. The molecule has 0 spiro atoms. The zero-order chi connectivity index (χ0) is 54.1. The SMILES string of the molecule is CC(C)[Si](c1c2c3c([Si](C(C)C)(C(C)C)C(C)C)c4c1C=CC(=O)C4C1C(=O)C=Cc4c1c([Si](C(C)C)(C(C)C)C(C)C)c1c(c4[Si](C(C)C)(C(C)C)C(C)C)C=CC(=O)C1C3C(=O)C=C2)(C(C)C)C(C)C. The van der Waals surface area contributed by atoms with E-state index >= 15 is 19.2 Å². The zero-order valence-corrected chi connectivity index (χ0v) is 53.5. The third-order valence-corrected chi connectivity index (χ3v) is 49.9. The van der Waals surface area contributed by atoms with Crippen LogP contribution in [0.1, 0.15) is 234 Å². The summed E-state index contributed by atoms with van der Waals surface area (Å²) in [5, 5.41) is 5.16. The van der Waals surface area contributed by atoms with Crippen LogP contribution in [0.3, 0.4) is 0 Å². The lowest BCUT2D eigenvalue weighted by molar-refractivity contribution is -0.122. The lowest BCUT2D eigenvalue weighted by Gasteiger charge is -2.55. The van der Waals surface area contributed by atoms with Crippen molar-refractivity contribution in [2.45, 2.75) is 256 Å². The zero-order valence-electron chi connectivity index (χ0n) is 49.5. The predicted molar refractivity (Wildman–Crippen MR) is 323 cm³/mol. The van der Waals surface area contributed by atoms with E-state index in [0.717, 1.165) is 22.3 Å². The van der Waals surface area contributed by atoms with Gasteiger partial charge >= 0.3 is 0 Å². The normalized spacial score (nSPS) is 21.1. The quantitative estimate of drug-likeness (QED) is 0.157. The van der Waals surface area contributed by atoms with E-state index in [0.29, 0.717) is 33.2 Å². The van der Waals surface area contributed by atoms with E-state index in [1.165, 1.54) is 43.0 Å². The number of carbonyl (C=O) groups excluding carboxylic acids is 4. The molecule has 2 aromatic carbocycles. The lowest BCUT2D eigenvalue weighted by Crippen LogP contribution is -2.66. The molecule has 0 radical (unpaired) electrons. The summed E-state index contributed by atoms with van der Waals surface area (Å²) in [6.45, 7) is 57.9. The fourth-order valence-electron chi connectivity index (χ4n) is 19.9. The van der Waals surface area contributed by atoms with Gasteiger partial charge in [0.2, 0.25) is 0 Å². The molecule has 5 aliphatic carbocycles. The second kappa shape index (κ2) is 19.5. The van der Waals surface area contributed by atoms with Crippen LogP contribution in [0.25, 0.3) is 24.3 Å². The summed E-state index contributed by atoms with van der Waals surface area (Å²) in [4.78, 5) is 65.4. The minimum Gasteiger partial charge on any atom is -0.294 e. The Morgan fingerprint density at radius 2 is 0.375 bits per heavy atom. The lowest BCUT2D eigenvalue weighted by atomic mass is 9.63. The Morgan fingerprint density at radius 3 is 0.514 bits per heavy atom. The highest BCUT2D eigenvalue weighted by Crippen LogP contribution is 2.58. The highest BCUT2D eigenvalue weighted by atomic mass is 28.3. The monoisotopic (exact) mass is 1040 g/mol. The van der Waals surface area contributed by atoms with Crippen LogP contribution in [0, 0.1) is 0 Å². The molecule has 0 saturated carbocycles. The third kappa shape index (κ3) is 7.21. The standard InChI is InChI=1S/C64H96O4Si4/c1-33(2)69(34(3)4,35(5)6)61-45-25-29-49(65)57-53(45)63(71(39(13)14,40(15)16)41(17)18)54-46(61)26-30-50(66)58(54)60-52(68)32-28-48-56(60)64(72(42(19)20,43(21)22)44(23)24)55-47(27-31-51(67)59(55)57)62(48)70(36(7)8,37(9)10)38(11)12/h25-44,57-60H,1-24H3. The maximum absolute atomic E-state index is 16.3. The molecule has 392 valence electrons. The van der Waals surface area contributed by atoms with Gasteiger partial charge in [0.05, 0.1) is 56.0 Å². The Hall–Kier alpha value is -3.05. The summed E-state index contributed by atoms with van der Waals surface area (Å²) in [6, 6.07) is 0. The van der Waals surface area contributed by atoms with Crippen molar-refractivity contribution in [3.8, 4) is 0 Å². The Morgan fingerprint density at radius 1 is 0.236 bits per heavy atom. The number of benzene rings is 2. The van der Waals surface area contributed by atoms with Gasteiger partial charge in [0.25, 0.3) is 0 Å². The highest BCUT2D eigenvalue weighted by Gasteiger charge is 2.62. The number of fused-ring (bicyclic) bond motifs is 2. The maximum Gasteiger partial charge on any atom is 0.164 e. The van der Waals surface area contributed by atoms with Gasteiger partial charge in [-0.05, 0) is 156 Å². The summed E-state index contributed by atoms with van der Waals surface area (Å²) < 4.78 is 0. The van der Waals surface area contributed by atoms with Gasteiger partial charge in [-0.1, -0.05) is 190 Å². The van der Waals surface area contributed by atoms with Crippen LogP contribution in [0.15, 0.2) is 24.3 Å². The van der Waals surface area contributed by atoms with Crippen molar-refractivity contribution in [2.24, 2.45) is 0 Å². The summed E-state index contributed by atoms with van der Waals surface area (Å²) in [5.41, 5.74) is 12.1. The van der Waals surface area contributed by atoms with Crippen molar-refractivity contribution in [3.63, 3.8) is 0 Å². The van der Waals surface area contributed by atoms with Gasteiger partial charge < -0.3 is 0 Å². The molecule has 5 aliphatic rings. The van der Waals surface area contributed by atoms with Gasteiger partial charge in [-0.25, -0.2) is 0 Å². The third-order valence-electron chi connectivity index (χ3n) is 21.3. The molecule has 8 heteroatoms. The average Bonchev–Trinajstić information content (AvgIpc) is 3.24. The molecular formula is C64H96O4Si4. The van der Waals surface area contributed by atoms with Gasteiger partial charge in [-0.3, -0.25) is 19.2 Å². The Bertz CT molecular complexity index is 2310. The molecule has 0 amide bonds. The Balaban J connectivity index is 2.01. The van der Waals surface area contributed by atoms with Crippen LogP contribution >= 0.6 is 0 Å². The van der Waals surface area contributed by atoms with E-state index in [9.17, 15) is 0 Å². The molecule has 4 unspecified atom stereocenters. The van der Waals surface area contributed by atoms with Crippen molar-refractivity contribution >= 4 is 100 Å². The maximum atomic E-state index is 16.3. The first-order chi connectivity index (χ1) is 33.4. The second-order valence-electron chi connectivity index (χ2n) is 27.3. The first-order valence-electron chi connectivity index (χ1n) is 28.8. The van der Waals surface area contributed by atoms with Crippen LogP contribution in [0.2, 0.25) is 66.5 Å². The second-order valence-corrected chi connectivity index (χ2v) is 50.6. The number of hydrogen-bond acceptors (Lipinski definition) is 4. The number of carbonyl (C=O) groups is 4. The van der Waals surface area contributed by atoms with Gasteiger partial charge in [0.1, 0.15) is 0 Å². The Kier molecular flexibility index (Phi) is 15.4. The fraction of sp³-hybridized carbons (Fsp3) is 0.625. The number of rotatable bonds is 16. The van der Waals surface area contributed by atoms with E-state index in [4.69, 9.17) is 0 Å². The van der Waals surface area contributed by atoms with Gasteiger partial charge in [0.15, 0.2) is 23.1 Å². The average molecular weight is 1040 g/mol. The van der Waals surface area contributed by atoms with Crippen LogP contribution in [0.4, 0.5) is 0 Å². The van der Waals surface area contributed by atoms with Crippen LogP contribution in [-0.2, 0) is 19.2 Å². The summed E-state index contributed by atoms with van der Waals surface area (Å²) >= 11 is 0. The first kappa shape index (κ1) is 56.7. The van der Waals surface area contributed by atoms with E-state index in [2.05, 4.69) is 190 Å². The first-order valence-corrected chi connectivity index (χ1v) is 37.7. The molecule has 0 heterocycles. The molecule has 4 atom stereocenters. The van der Waals surface area contributed by atoms with E-state index in [-0.39, 0.29) is 56.4 Å². The van der Waals surface area contributed by atoms with E-state index in [1.54, 1.807) is 0 Å². The minimum atomic E-state index is -2.89. The largest absolute Gasteiger partial charge is 0.294 e. The smallest absolute Gasteiger partial charge is 0.164 e. The molecule has 2 aromatic rings. The highest BCUT2D eigenvalue weighted by molar-refractivity contribution is 6.99. The van der Waals surface area contributed by atoms with Crippen molar-refractivity contribution in [2.75, 3.05) is 0 Å². The molecule has 0 N–H and O–H groups in total. The molecule has 7 rings (SSSR count). The van der Waals surface area contributed by atoms with Crippen molar-refractivity contribution in [1.29, 1.82) is 0 Å². The van der Waals surface area contributed by atoms with Crippen molar-refractivity contribution in [3.05, 3.63) is 68.8 Å². The molecule has 4 bridgehead atoms. The van der Waals surface area contributed by atoms with Gasteiger partial charge in [0, 0.05) is 0 Å². The molecule has 4 nitrogen and oxygen atoms in total. The number of ketones is 4. The summed E-state index contributed by atoms with van der Waals surface area (Å²) in [7, 11) is -11.1. The fourth-order valence-corrected chi connectivity index (χ4v) is 48.6. The molecule has 0 fully saturated rings. The Labute approximate surface area is 442 Å². The van der Waals surface area contributed by atoms with Gasteiger partial charge in [-0.15, -0.1) is 0 Å². The molecular weight excluding hydrogens is 945 g/mol. The summed E-state index contributed by atoms with van der Waals surface area (Å²) in [5.74, 6) is -3.10. The topological polar surface area (TPSA) is 68.3 Å². The van der Waals surface area contributed by atoms with Crippen LogP contribution in [0.5, 0.6) is 0 Å². The summed E-state index contributed by atoms with van der Waals surface area (Å²) in [6.07, 6.45) is 16.4. The predicted octanol–water partition coefficient (Wildman–Crippen LogP) is 15.7. The van der Waals surface area contributed by atoms with E-state index in [1.807, 2.05) is 24.3 Å².